The number of nitrogens with two attached hydrogens (primary N) is 4. The number of nitrogens with one attached hydrogen (secondary N) is 1. The molecular formula is C73H87Cl4F4N9O10S4. The lowest BCUT2D eigenvalue weighted by Crippen LogP contribution is -2.43. The van der Waals surface area contributed by atoms with Crippen LogP contribution in [0.5, 0.6) is 0 Å². The van der Waals surface area contributed by atoms with Crippen molar-refractivity contribution in [3.8, 4) is 0 Å². The number of nitrogens with zero attached hydrogens (tertiary/aromatic N) is 4. The number of rotatable bonds is 33. The average Bonchev–Trinajstić information content (AvgIpc) is 1.66. The number of primary amides is 2. The monoisotopic (exact) mass is 1590 g/mol. The Morgan fingerprint density at radius 3 is 1.22 bits per heavy atom. The van der Waals surface area contributed by atoms with Crippen LogP contribution in [0.25, 0.3) is 21.8 Å². The first kappa shape index (κ1) is 91.0. The minimum atomic E-state index is -1.02. The molecule has 8 aromatic rings. The van der Waals surface area contributed by atoms with Crippen molar-refractivity contribution in [1.82, 2.24) is 24.9 Å². The molecule has 0 aliphatic rings. The van der Waals surface area contributed by atoms with Crippen LogP contribution in [0.4, 0.5) is 17.6 Å². The van der Waals surface area contributed by atoms with Crippen LogP contribution in [0.2, 0.25) is 20.1 Å². The highest BCUT2D eigenvalue weighted by Gasteiger charge is 2.24. The summed E-state index contributed by atoms with van der Waals surface area (Å²) in [7, 11) is 0. The topological polar surface area (TPSA) is 329 Å². The van der Waals surface area contributed by atoms with Gasteiger partial charge in [-0.15, -0.1) is 0 Å². The molecule has 0 spiro atoms. The molecule has 0 saturated heterocycles. The van der Waals surface area contributed by atoms with Gasteiger partial charge in [0.05, 0.1) is 49.1 Å². The van der Waals surface area contributed by atoms with Crippen molar-refractivity contribution in [1.29, 1.82) is 0 Å². The molecule has 104 heavy (non-hydrogen) atoms. The van der Waals surface area contributed by atoms with Crippen LogP contribution < -0.4 is 28.3 Å². The van der Waals surface area contributed by atoms with Crippen molar-refractivity contribution in [2.75, 3.05) is 48.0 Å². The molecule has 4 atom stereocenters. The maximum absolute atomic E-state index is 14.1. The minimum Gasteiger partial charge on any atom is -0.481 e. The van der Waals surface area contributed by atoms with Gasteiger partial charge in [0.1, 0.15) is 47.9 Å². The van der Waals surface area contributed by atoms with Gasteiger partial charge >= 0.3 is 11.9 Å². The molecule has 2 heterocycles. The Morgan fingerprint density at radius 1 is 0.481 bits per heavy atom. The molecule has 19 nitrogen and oxygen atoms in total. The molecule has 0 aliphatic heterocycles. The zero-order valence-electron chi connectivity index (χ0n) is 58.3. The van der Waals surface area contributed by atoms with E-state index in [1.54, 1.807) is 151 Å². The van der Waals surface area contributed by atoms with Crippen molar-refractivity contribution in [3.05, 3.63) is 198 Å². The Morgan fingerprint density at radius 2 is 0.837 bits per heavy atom. The number of carboxylic acid groups (broad SMARTS) is 2. The third-order valence-electron chi connectivity index (χ3n) is 15.5. The first-order valence-corrected chi connectivity index (χ1v) is 39.5. The number of aryl methyl sites for hydroxylation is 3. The second-order valence-electron chi connectivity index (χ2n) is 23.1. The third-order valence-corrected chi connectivity index (χ3v) is 19.2. The van der Waals surface area contributed by atoms with Gasteiger partial charge in [0.2, 0.25) is 5.91 Å². The fraction of sp³-hybridized carbons (Fsp3) is 0.370. The molecule has 0 aliphatic carbocycles. The zero-order valence-corrected chi connectivity index (χ0v) is 64.6. The lowest BCUT2D eigenvalue weighted by molar-refractivity contribution is -0.141. The van der Waals surface area contributed by atoms with Crippen LogP contribution in [-0.2, 0) is 67.7 Å². The third kappa shape index (κ3) is 31.1. The van der Waals surface area contributed by atoms with Crippen LogP contribution in [-0.4, -0.2) is 137 Å². The lowest BCUT2D eigenvalue weighted by atomic mass is 9.97. The Labute approximate surface area is 639 Å². The van der Waals surface area contributed by atoms with Gasteiger partial charge in [0.25, 0.3) is 11.8 Å². The van der Waals surface area contributed by atoms with Gasteiger partial charge in [-0.1, -0.05) is 145 Å². The maximum Gasteiger partial charge on any atom is 0.325 e. The van der Waals surface area contributed by atoms with Crippen LogP contribution in [0, 0.1) is 35.1 Å². The number of thioether (sulfide) groups is 4. The molecular weight excluding hydrogens is 1510 g/mol. The molecule has 0 saturated carbocycles. The van der Waals surface area contributed by atoms with E-state index in [4.69, 9.17) is 79.6 Å². The van der Waals surface area contributed by atoms with E-state index in [-0.39, 0.29) is 99.6 Å². The quantitative estimate of drug-likeness (QED) is 0.0188. The smallest absolute Gasteiger partial charge is 0.325 e. The Bertz CT molecular complexity index is 4070. The molecule has 564 valence electrons. The first-order chi connectivity index (χ1) is 49.5. The van der Waals surface area contributed by atoms with Gasteiger partial charge in [-0.3, -0.25) is 47.7 Å². The predicted molar refractivity (Wildman–Crippen MR) is 416 cm³/mol. The maximum atomic E-state index is 14.1. The van der Waals surface area contributed by atoms with E-state index in [1.807, 2.05) is 31.9 Å². The van der Waals surface area contributed by atoms with Gasteiger partial charge < -0.3 is 38.5 Å². The molecule has 0 radical (unpaired) electrons. The van der Waals surface area contributed by atoms with Crippen LogP contribution in [0.1, 0.15) is 102 Å². The summed E-state index contributed by atoms with van der Waals surface area (Å²) in [6.07, 6.45) is 12.3. The van der Waals surface area contributed by atoms with E-state index in [0.29, 0.717) is 81.9 Å². The summed E-state index contributed by atoms with van der Waals surface area (Å²) in [5.41, 5.74) is 24.7. The number of Topliss-reactive ketones (excluding diaryl/α,β-unsaturated/α-hetero) is 3. The summed E-state index contributed by atoms with van der Waals surface area (Å²) in [5.74, 6) is -1.98. The van der Waals surface area contributed by atoms with Gasteiger partial charge in [-0.05, 0) is 146 Å². The van der Waals surface area contributed by atoms with Crippen LogP contribution >= 0.6 is 93.5 Å². The fourth-order valence-corrected chi connectivity index (χ4v) is 12.4. The normalized spacial score (nSPS) is 11.8. The molecule has 3 amide bonds. The standard InChI is InChI=1S/C23H24ClFN4O3S.C14H18ClFOS.C13H17ClFNOS.C10H9N3O3.C7H7ClFN.C6H12O2S/c1-33-12-11-17(19(30)10-9-14-5-4-7-16(24)21(14)25)27-20(31)13-29-18-8-3-2-6-15(18)22(28-29)23(26)32;1-10(8-9-18-2)13(17)7-6-11-4-3-5-12(15)14(11)16;1-18-8-7-11(16)12(17)6-5-9-3-2-4-10(14)13(9)15;11-10(16)9-6-3-1-2-4-7(6)13(12-9)5-8(14)15;8-6-3-1-2-5(4-10)7(6)9;1-5(6(7)8)3-4-9-2/h2-8,17H,9-13H2,1H3,(H2,26,32)(H,27,31);3-5,10H,6-9H2,1-2H3;2-4,11H,5-8,16H2,1H3;1-4H,5H2,(H2,11,16)(H,14,15);1-3H,4,10H2;5H,3-4H2,1-2H3,(H,7,8)/t17-;10-;11-;;;5-/m000..0/s1. The Kier molecular flexibility index (Phi) is 42.7. The van der Waals surface area contributed by atoms with Gasteiger partial charge in [-0.2, -0.15) is 57.2 Å². The molecule has 11 N–H and O–H groups in total. The lowest BCUT2D eigenvalue weighted by Gasteiger charge is -2.18. The van der Waals surface area contributed by atoms with Gasteiger partial charge in [0.15, 0.2) is 17.2 Å². The fourth-order valence-electron chi connectivity index (χ4n) is 9.50. The van der Waals surface area contributed by atoms with Crippen molar-refractivity contribution < 1.29 is 66.1 Å². The second kappa shape index (κ2) is 48.8. The number of fused-ring (bicyclic) bond motifs is 2. The van der Waals surface area contributed by atoms with E-state index in [2.05, 4.69) is 15.5 Å². The average molecular weight is 1600 g/mol. The number of hydrogen-bond acceptors (Lipinski definition) is 16. The minimum absolute atomic E-state index is 0.00830. The van der Waals surface area contributed by atoms with E-state index in [0.717, 1.165) is 30.1 Å². The molecule has 0 unspecified atom stereocenters. The second-order valence-corrected chi connectivity index (χ2v) is 28.7. The molecule has 0 fully saturated rings. The number of aliphatic carboxylic acids is 2. The van der Waals surface area contributed by atoms with Gasteiger partial charge in [-0.25, -0.2) is 17.6 Å². The van der Waals surface area contributed by atoms with E-state index < -0.39 is 65.0 Å². The molecule has 0 bridgehead atoms. The summed E-state index contributed by atoms with van der Waals surface area (Å²) in [4.78, 5) is 92.8. The number of halogens is 8. The highest BCUT2D eigenvalue weighted by molar-refractivity contribution is 7.99. The largest absolute Gasteiger partial charge is 0.481 e. The number of benzene rings is 6. The number of carbonyl (C=O) groups excluding carboxylic acids is 6. The Balaban J connectivity index is 0.000000343. The molecule has 2 aromatic heterocycles. The first-order valence-electron chi connectivity index (χ1n) is 32.4. The van der Waals surface area contributed by atoms with Gasteiger partial charge in [0, 0.05) is 48.1 Å². The van der Waals surface area contributed by atoms with Crippen molar-refractivity contribution in [2.45, 2.75) is 110 Å². The summed E-state index contributed by atoms with van der Waals surface area (Å²) < 4.78 is 56.8. The van der Waals surface area contributed by atoms with Crippen molar-refractivity contribution in [2.24, 2.45) is 34.8 Å². The van der Waals surface area contributed by atoms with E-state index >= 15 is 0 Å². The van der Waals surface area contributed by atoms with Crippen LogP contribution in [0.15, 0.2) is 121 Å². The van der Waals surface area contributed by atoms with E-state index in [9.17, 15) is 55.9 Å². The number of hydrogen-bond donors (Lipinski definition) is 7. The van der Waals surface area contributed by atoms with E-state index in [1.165, 1.54) is 33.6 Å². The summed E-state index contributed by atoms with van der Waals surface area (Å²) in [6, 6.07) is 31.8. The van der Waals surface area contributed by atoms with Crippen LogP contribution in [0.3, 0.4) is 0 Å². The number of aromatic nitrogens is 4. The molecule has 6 aromatic carbocycles. The van der Waals surface area contributed by atoms with Crippen molar-refractivity contribution in [3.63, 3.8) is 0 Å². The molecule has 8 rings (SSSR count). The number of para-hydroxylation sites is 2. The number of carboxylic acids is 2. The SMILES string of the molecule is CSCC[C@H](C)C(=O)CCc1cccc(Cl)c1F.CSCC[C@H](C)C(=O)O.CSCC[C@H](N)C(=O)CCc1cccc(Cl)c1F.CSCC[C@H](NC(=O)Cn1nc(C(N)=O)c2ccccc21)C(=O)CCc1cccc(Cl)c1F.NC(=O)c1nn(CC(=O)O)c2ccccc12.NCc1cccc(Cl)c1F. The Hall–Kier alpha value is -7.18. The summed E-state index contributed by atoms with van der Waals surface area (Å²) in [6.45, 7) is 3.38. The summed E-state index contributed by atoms with van der Waals surface area (Å²) in [5, 5.41) is 29.4. The summed E-state index contributed by atoms with van der Waals surface area (Å²) >= 11 is 29.3. The number of ketones is 3. The zero-order chi connectivity index (χ0) is 77.6. The molecule has 31 heteroatoms. The van der Waals surface area contributed by atoms with Crippen molar-refractivity contribution >= 4 is 162 Å². The number of carbonyl (C=O) groups is 8. The number of amides is 3. The highest BCUT2D eigenvalue weighted by atomic mass is 35.5. The highest BCUT2D eigenvalue weighted by Crippen LogP contribution is 2.25. The predicted octanol–water partition coefficient (Wildman–Crippen LogP) is 14.4.